The van der Waals surface area contributed by atoms with Crippen LogP contribution < -0.4 is 19.7 Å². The normalized spacial score (nSPS) is 13.8. The van der Waals surface area contributed by atoms with Gasteiger partial charge in [-0.3, -0.25) is 9.69 Å². The van der Waals surface area contributed by atoms with Crippen molar-refractivity contribution in [1.29, 1.82) is 0 Å². The van der Waals surface area contributed by atoms with Gasteiger partial charge in [-0.1, -0.05) is 35.9 Å². The van der Waals surface area contributed by atoms with E-state index in [1.165, 1.54) is 4.90 Å². The van der Waals surface area contributed by atoms with E-state index in [0.717, 1.165) is 22.6 Å². The monoisotopic (exact) mass is 558 g/mol. The summed E-state index contributed by atoms with van der Waals surface area (Å²) in [6, 6.07) is 23.3. The van der Waals surface area contributed by atoms with Gasteiger partial charge >= 0.3 is 6.03 Å². The van der Waals surface area contributed by atoms with E-state index in [-0.39, 0.29) is 18.5 Å². The molecule has 5 rings (SSSR count). The zero-order valence-electron chi connectivity index (χ0n) is 22.8. The SMILES string of the molecule is COc1cc(NC(=O)N(CC(=O)N2c3ccccc3-n3cccc3[C@@H]2c2cccc(Cl)c2)C(C)C)cc(OC)c1. The summed E-state index contributed by atoms with van der Waals surface area (Å²) in [7, 11) is 3.09. The zero-order chi connectivity index (χ0) is 28.4. The van der Waals surface area contributed by atoms with Gasteiger partial charge < -0.3 is 24.3 Å². The number of benzene rings is 3. The predicted molar refractivity (Wildman–Crippen MR) is 157 cm³/mol. The maximum Gasteiger partial charge on any atom is 0.322 e. The Kier molecular flexibility index (Phi) is 7.71. The number of urea groups is 1. The number of nitrogens with zero attached hydrogens (tertiary/aromatic N) is 3. The molecule has 0 radical (unpaired) electrons. The Labute approximate surface area is 238 Å². The number of methoxy groups -OCH3 is 2. The molecule has 9 heteroatoms. The highest BCUT2D eigenvalue weighted by Crippen LogP contribution is 2.42. The van der Waals surface area contributed by atoms with E-state index in [2.05, 4.69) is 9.88 Å². The lowest BCUT2D eigenvalue weighted by atomic mass is 9.97. The molecule has 0 unspecified atom stereocenters. The minimum Gasteiger partial charge on any atom is -0.497 e. The van der Waals surface area contributed by atoms with E-state index in [4.69, 9.17) is 21.1 Å². The average molecular weight is 559 g/mol. The molecule has 1 atom stereocenters. The van der Waals surface area contributed by atoms with Gasteiger partial charge in [-0.25, -0.2) is 4.79 Å². The van der Waals surface area contributed by atoms with Crippen molar-refractivity contribution in [3.63, 3.8) is 0 Å². The van der Waals surface area contributed by atoms with Crippen molar-refractivity contribution in [2.45, 2.75) is 25.9 Å². The Balaban J connectivity index is 1.50. The van der Waals surface area contributed by atoms with E-state index in [1.807, 2.05) is 80.7 Å². The Hall–Kier alpha value is -4.43. The summed E-state index contributed by atoms with van der Waals surface area (Å²) in [5.41, 5.74) is 3.94. The molecule has 0 bridgehead atoms. The third-order valence-corrected chi connectivity index (χ3v) is 7.18. The quantitative estimate of drug-likeness (QED) is 0.280. The molecular weight excluding hydrogens is 528 g/mol. The molecule has 206 valence electrons. The molecule has 1 aliphatic heterocycles. The summed E-state index contributed by atoms with van der Waals surface area (Å²) < 4.78 is 12.8. The number of anilines is 2. The number of rotatable bonds is 7. The van der Waals surface area contributed by atoms with Crippen LogP contribution in [0, 0.1) is 0 Å². The molecule has 1 N–H and O–H groups in total. The molecule has 0 saturated carbocycles. The van der Waals surface area contributed by atoms with Crippen molar-refractivity contribution in [3.05, 3.63) is 101 Å². The number of para-hydroxylation sites is 2. The molecule has 0 saturated heterocycles. The molecule has 3 amide bonds. The van der Waals surface area contributed by atoms with E-state index in [1.54, 1.807) is 37.3 Å². The summed E-state index contributed by atoms with van der Waals surface area (Å²) in [5.74, 6) is 0.857. The summed E-state index contributed by atoms with van der Waals surface area (Å²) >= 11 is 6.39. The average Bonchev–Trinajstić information content (AvgIpc) is 3.44. The van der Waals surface area contributed by atoms with Crippen LogP contribution >= 0.6 is 11.6 Å². The van der Waals surface area contributed by atoms with Crippen LogP contribution in [-0.4, -0.2) is 48.2 Å². The Morgan fingerprint density at radius 2 is 1.62 bits per heavy atom. The highest BCUT2D eigenvalue weighted by molar-refractivity contribution is 6.30. The molecule has 40 heavy (non-hydrogen) atoms. The number of hydrogen-bond donors (Lipinski definition) is 1. The van der Waals surface area contributed by atoms with Crippen LogP contribution in [0.15, 0.2) is 85.1 Å². The first-order valence-electron chi connectivity index (χ1n) is 13.0. The largest absolute Gasteiger partial charge is 0.497 e. The van der Waals surface area contributed by atoms with E-state index in [0.29, 0.717) is 22.2 Å². The fourth-order valence-corrected chi connectivity index (χ4v) is 5.24. The number of nitrogens with one attached hydrogen (secondary N) is 1. The standard InChI is InChI=1S/C31H31ClN4O4/c1-20(2)35(31(38)33-23-16-24(39-3)18-25(17-23)40-4)19-29(37)36-27-12-6-5-11-26(27)34-14-8-13-28(34)30(36)21-9-7-10-22(32)15-21/h5-18,20,30H,19H2,1-4H3,(H,33,38)/t30-/m0/s1. The van der Waals surface area contributed by atoms with Crippen LogP contribution in [0.3, 0.4) is 0 Å². The number of amides is 3. The van der Waals surface area contributed by atoms with Crippen molar-refractivity contribution in [2.24, 2.45) is 0 Å². The van der Waals surface area contributed by atoms with Gasteiger partial charge in [0.1, 0.15) is 24.1 Å². The van der Waals surface area contributed by atoms with Crippen LogP contribution in [0.4, 0.5) is 16.2 Å². The molecule has 0 aliphatic carbocycles. The second-order valence-electron chi connectivity index (χ2n) is 9.77. The van der Waals surface area contributed by atoms with Gasteiger partial charge in [0, 0.05) is 41.1 Å². The van der Waals surface area contributed by atoms with Gasteiger partial charge in [-0.05, 0) is 55.8 Å². The maximum atomic E-state index is 14.3. The second-order valence-corrected chi connectivity index (χ2v) is 10.2. The van der Waals surface area contributed by atoms with Crippen LogP contribution in [0.25, 0.3) is 5.69 Å². The topological polar surface area (TPSA) is 76.0 Å². The van der Waals surface area contributed by atoms with Crippen molar-refractivity contribution < 1.29 is 19.1 Å². The lowest BCUT2D eigenvalue weighted by Gasteiger charge is -2.40. The number of ether oxygens (including phenoxy) is 2. The minimum absolute atomic E-state index is 0.142. The van der Waals surface area contributed by atoms with Crippen molar-refractivity contribution in [3.8, 4) is 17.2 Å². The highest BCUT2D eigenvalue weighted by Gasteiger charge is 2.37. The zero-order valence-corrected chi connectivity index (χ0v) is 23.6. The minimum atomic E-state index is -0.434. The molecule has 3 aromatic carbocycles. The number of aromatic nitrogens is 1. The fourth-order valence-electron chi connectivity index (χ4n) is 5.04. The molecule has 0 fully saturated rings. The number of halogens is 1. The first kappa shape index (κ1) is 27.1. The van der Waals surface area contributed by atoms with E-state index >= 15 is 0 Å². The third-order valence-electron chi connectivity index (χ3n) is 6.95. The summed E-state index contributed by atoms with van der Waals surface area (Å²) in [5, 5.41) is 3.48. The molecule has 1 aromatic heterocycles. The number of fused-ring (bicyclic) bond motifs is 3. The van der Waals surface area contributed by atoms with Crippen LogP contribution in [0.1, 0.15) is 31.1 Å². The third kappa shape index (κ3) is 5.22. The van der Waals surface area contributed by atoms with Gasteiger partial charge in [-0.15, -0.1) is 0 Å². The molecule has 1 aliphatic rings. The van der Waals surface area contributed by atoms with E-state index in [9.17, 15) is 9.59 Å². The number of carbonyl (C=O) groups is 2. The number of carbonyl (C=O) groups excluding carboxylic acids is 2. The van der Waals surface area contributed by atoms with E-state index < -0.39 is 12.1 Å². The van der Waals surface area contributed by atoms with Gasteiger partial charge in [0.05, 0.1) is 31.3 Å². The van der Waals surface area contributed by atoms with Gasteiger partial charge in [0.15, 0.2) is 0 Å². The Morgan fingerprint density at radius 3 is 2.27 bits per heavy atom. The summed E-state index contributed by atoms with van der Waals surface area (Å²) in [4.78, 5) is 31.1. The van der Waals surface area contributed by atoms with Crippen LogP contribution in [0.2, 0.25) is 5.02 Å². The lowest BCUT2D eigenvalue weighted by molar-refractivity contribution is -0.119. The Bertz CT molecular complexity index is 1530. The number of hydrogen-bond acceptors (Lipinski definition) is 4. The van der Waals surface area contributed by atoms with Crippen molar-refractivity contribution in [1.82, 2.24) is 9.47 Å². The predicted octanol–water partition coefficient (Wildman–Crippen LogP) is 6.53. The van der Waals surface area contributed by atoms with Crippen molar-refractivity contribution >= 4 is 34.9 Å². The van der Waals surface area contributed by atoms with Crippen LogP contribution in [-0.2, 0) is 4.79 Å². The first-order valence-corrected chi connectivity index (χ1v) is 13.3. The lowest BCUT2D eigenvalue weighted by Crippen LogP contribution is -2.49. The summed E-state index contributed by atoms with van der Waals surface area (Å²) in [6.45, 7) is 3.61. The second kappa shape index (κ2) is 11.4. The maximum absolute atomic E-state index is 14.3. The fraction of sp³-hybridized carbons (Fsp3) is 0.226. The van der Waals surface area contributed by atoms with Gasteiger partial charge in [0.25, 0.3) is 0 Å². The van der Waals surface area contributed by atoms with Gasteiger partial charge in [-0.2, -0.15) is 0 Å². The van der Waals surface area contributed by atoms with Crippen molar-refractivity contribution in [2.75, 3.05) is 31.0 Å². The molecule has 4 aromatic rings. The molecule has 8 nitrogen and oxygen atoms in total. The first-order chi connectivity index (χ1) is 19.3. The highest BCUT2D eigenvalue weighted by atomic mass is 35.5. The Morgan fingerprint density at radius 1 is 0.925 bits per heavy atom. The molecular formula is C31H31ClN4O4. The molecule has 2 heterocycles. The van der Waals surface area contributed by atoms with Gasteiger partial charge in [0.2, 0.25) is 5.91 Å². The summed E-state index contributed by atoms with van der Waals surface area (Å²) in [6.07, 6.45) is 1.99. The smallest absolute Gasteiger partial charge is 0.322 e. The van der Waals surface area contributed by atoms with Crippen LogP contribution in [0.5, 0.6) is 11.5 Å². The molecule has 0 spiro atoms.